The Balaban J connectivity index is 2.08. The monoisotopic (exact) mass is 426 g/mol. The quantitative estimate of drug-likeness (QED) is 0.653. The molecule has 3 aromatic carbocycles. The van der Waals surface area contributed by atoms with E-state index in [0.29, 0.717) is 33.2 Å². The molecule has 3 rings (SSSR count). The molecule has 1 N–H and O–H groups in total. The third kappa shape index (κ3) is 5.35. The first-order valence-corrected chi connectivity index (χ1v) is 10.6. The van der Waals surface area contributed by atoms with Crippen LogP contribution in [0.3, 0.4) is 0 Å². The average Bonchev–Trinajstić information content (AvgIpc) is 2.68. The zero-order chi connectivity index (χ0) is 21.0. The highest BCUT2D eigenvalue weighted by Gasteiger charge is 2.16. The minimum absolute atomic E-state index is 0.135. The van der Waals surface area contributed by atoms with Crippen LogP contribution in [0, 0.1) is 11.3 Å². The number of nitrogens with zero attached hydrogens (tertiary/aromatic N) is 1. The van der Waals surface area contributed by atoms with E-state index in [-0.39, 0.29) is 5.56 Å². The molecule has 6 nitrogen and oxygen atoms in total. The number of nitrogens with one attached hydrogen (secondary N) is 1. The lowest BCUT2D eigenvalue weighted by Gasteiger charge is -2.14. The molecule has 0 heterocycles. The van der Waals surface area contributed by atoms with Gasteiger partial charge in [-0.2, -0.15) is 5.26 Å². The number of benzene rings is 3. The minimum Gasteiger partial charge on any atom is -0.457 e. The molecule has 146 valence electrons. The van der Waals surface area contributed by atoms with Crippen LogP contribution in [0.1, 0.15) is 15.9 Å². The van der Waals surface area contributed by atoms with E-state index in [2.05, 4.69) is 6.07 Å². The first kappa shape index (κ1) is 20.4. The summed E-state index contributed by atoms with van der Waals surface area (Å²) in [7, 11) is -3.71. The minimum atomic E-state index is -3.71. The second-order valence-electron chi connectivity index (χ2n) is 6.16. The van der Waals surface area contributed by atoms with Gasteiger partial charge in [-0.1, -0.05) is 23.7 Å². The van der Waals surface area contributed by atoms with Crippen LogP contribution in [-0.4, -0.2) is 20.6 Å². The number of nitriles is 1. The van der Waals surface area contributed by atoms with Crippen LogP contribution in [0.25, 0.3) is 11.1 Å². The van der Waals surface area contributed by atoms with Crippen molar-refractivity contribution in [2.45, 2.75) is 0 Å². The Bertz CT molecular complexity index is 1220. The third-order valence-corrected chi connectivity index (χ3v) is 4.67. The molecule has 0 radical (unpaired) electrons. The Morgan fingerprint density at radius 1 is 1.07 bits per heavy atom. The molecule has 0 fully saturated rings. The topological polar surface area (TPSA) is 96.3 Å². The molecule has 0 unspecified atom stereocenters. The molecule has 0 saturated carbocycles. The summed E-state index contributed by atoms with van der Waals surface area (Å²) in [4.78, 5) is 12.3. The van der Waals surface area contributed by atoms with E-state index in [0.717, 1.165) is 6.26 Å². The lowest BCUT2D eigenvalue weighted by atomic mass is 10.00. The zero-order valence-electron chi connectivity index (χ0n) is 15.2. The van der Waals surface area contributed by atoms with E-state index in [4.69, 9.17) is 16.3 Å². The number of ether oxygens (including phenoxy) is 1. The normalized spacial score (nSPS) is 10.8. The molecule has 0 spiro atoms. The van der Waals surface area contributed by atoms with Gasteiger partial charge in [-0.3, -0.25) is 4.79 Å². The van der Waals surface area contributed by atoms with E-state index >= 15 is 0 Å². The van der Waals surface area contributed by atoms with Crippen LogP contribution in [-0.2, 0) is 10.0 Å². The van der Waals surface area contributed by atoms with Crippen LogP contribution in [0.5, 0.6) is 11.5 Å². The van der Waals surface area contributed by atoms with Crippen molar-refractivity contribution in [3.63, 3.8) is 0 Å². The molecule has 0 aliphatic heterocycles. The maximum absolute atomic E-state index is 12.3. The number of sulfonamides is 1. The number of hydrogen-bond donors (Lipinski definition) is 1. The van der Waals surface area contributed by atoms with Crippen molar-refractivity contribution in [2.75, 3.05) is 6.26 Å². The van der Waals surface area contributed by atoms with E-state index < -0.39 is 15.9 Å². The van der Waals surface area contributed by atoms with Gasteiger partial charge in [0.25, 0.3) is 5.91 Å². The number of hydrogen-bond acceptors (Lipinski definition) is 5. The van der Waals surface area contributed by atoms with Gasteiger partial charge in [-0.05, 0) is 60.2 Å². The van der Waals surface area contributed by atoms with Gasteiger partial charge < -0.3 is 4.74 Å². The zero-order valence-corrected chi connectivity index (χ0v) is 16.8. The lowest BCUT2D eigenvalue weighted by molar-refractivity contribution is 0.0981. The van der Waals surface area contributed by atoms with Crippen LogP contribution in [0.2, 0.25) is 5.02 Å². The van der Waals surface area contributed by atoms with Gasteiger partial charge in [0.1, 0.15) is 11.5 Å². The Morgan fingerprint density at radius 2 is 1.79 bits per heavy atom. The molecule has 1 amide bonds. The fourth-order valence-corrected chi connectivity index (χ4v) is 3.18. The first-order valence-electron chi connectivity index (χ1n) is 8.35. The Hall–Kier alpha value is -3.34. The summed E-state index contributed by atoms with van der Waals surface area (Å²) in [6.07, 6.45) is 0.903. The molecule has 29 heavy (non-hydrogen) atoms. The molecule has 0 aromatic heterocycles. The number of halogens is 1. The maximum atomic E-state index is 12.3. The second-order valence-corrected chi connectivity index (χ2v) is 8.35. The second kappa shape index (κ2) is 8.35. The van der Waals surface area contributed by atoms with Gasteiger partial charge in [0.05, 0.1) is 17.9 Å². The average molecular weight is 427 g/mol. The highest BCUT2D eigenvalue weighted by molar-refractivity contribution is 7.89. The summed E-state index contributed by atoms with van der Waals surface area (Å²) in [5.41, 5.74) is 1.74. The Kier molecular flexibility index (Phi) is 5.87. The van der Waals surface area contributed by atoms with Gasteiger partial charge in [-0.15, -0.1) is 0 Å². The number of carbonyl (C=O) groups is 1. The summed E-state index contributed by atoms with van der Waals surface area (Å²) in [6.45, 7) is 0. The standard InChI is InChI=1S/C21H15ClN2O4S/c1-29(26,27)24-21(25)16-5-10-20(28-18-8-6-17(22)7-9-18)19(12-16)15-4-2-3-14(11-15)13-23/h2-12H,1H3,(H,24,25). The van der Waals surface area contributed by atoms with Crippen LogP contribution in [0.4, 0.5) is 0 Å². The van der Waals surface area contributed by atoms with Crippen LogP contribution in [0.15, 0.2) is 66.7 Å². The highest BCUT2D eigenvalue weighted by Crippen LogP contribution is 2.35. The fraction of sp³-hybridized carbons (Fsp3) is 0.0476. The van der Waals surface area contributed by atoms with Crippen molar-refractivity contribution in [2.24, 2.45) is 0 Å². The van der Waals surface area contributed by atoms with Gasteiger partial charge in [0.15, 0.2) is 0 Å². The summed E-state index contributed by atoms with van der Waals surface area (Å²) in [5.74, 6) is 0.196. The molecule has 0 bridgehead atoms. The molecular weight excluding hydrogens is 412 g/mol. The van der Waals surface area contributed by atoms with Gasteiger partial charge >= 0.3 is 0 Å². The maximum Gasteiger partial charge on any atom is 0.264 e. The SMILES string of the molecule is CS(=O)(=O)NC(=O)c1ccc(Oc2ccc(Cl)cc2)c(-c2cccc(C#N)c2)c1. The van der Waals surface area contributed by atoms with E-state index in [1.807, 2.05) is 4.72 Å². The van der Waals surface area contributed by atoms with Crippen molar-refractivity contribution in [3.05, 3.63) is 82.9 Å². The van der Waals surface area contributed by atoms with Crippen molar-refractivity contribution in [3.8, 4) is 28.7 Å². The summed E-state index contributed by atoms with van der Waals surface area (Å²) in [6, 6.07) is 20.2. The van der Waals surface area contributed by atoms with Crippen LogP contribution >= 0.6 is 11.6 Å². The van der Waals surface area contributed by atoms with Gasteiger partial charge in [0.2, 0.25) is 10.0 Å². The predicted octanol–water partition coefficient (Wildman–Crippen LogP) is 4.36. The summed E-state index contributed by atoms with van der Waals surface area (Å²) >= 11 is 5.90. The van der Waals surface area contributed by atoms with Gasteiger partial charge in [0, 0.05) is 16.1 Å². The van der Waals surface area contributed by atoms with Gasteiger partial charge in [-0.25, -0.2) is 13.1 Å². The van der Waals surface area contributed by atoms with E-state index in [9.17, 15) is 18.5 Å². The number of rotatable bonds is 5. The molecule has 0 atom stereocenters. The van der Waals surface area contributed by atoms with Crippen molar-refractivity contribution >= 4 is 27.5 Å². The number of amides is 1. The van der Waals surface area contributed by atoms with Crippen LogP contribution < -0.4 is 9.46 Å². The lowest BCUT2D eigenvalue weighted by Crippen LogP contribution is -2.29. The smallest absolute Gasteiger partial charge is 0.264 e. The largest absolute Gasteiger partial charge is 0.457 e. The molecule has 8 heteroatoms. The Morgan fingerprint density at radius 3 is 2.45 bits per heavy atom. The molecule has 0 aliphatic rings. The fourth-order valence-electron chi connectivity index (χ4n) is 2.60. The molecule has 0 aliphatic carbocycles. The van der Waals surface area contributed by atoms with E-state index in [1.165, 1.54) is 12.1 Å². The summed E-state index contributed by atoms with van der Waals surface area (Å²) in [5, 5.41) is 9.75. The number of carbonyl (C=O) groups excluding carboxylic acids is 1. The summed E-state index contributed by atoms with van der Waals surface area (Å²) < 4.78 is 30.6. The third-order valence-electron chi connectivity index (χ3n) is 3.86. The Labute approximate surface area is 173 Å². The molecule has 0 saturated heterocycles. The highest BCUT2D eigenvalue weighted by atomic mass is 35.5. The van der Waals surface area contributed by atoms with E-state index in [1.54, 1.807) is 54.6 Å². The predicted molar refractivity (Wildman–Crippen MR) is 110 cm³/mol. The molecular formula is C21H15ClN2O4S. The van der Waals surface area contributed by atoms with Crippen molar-refractivity contribution in [1.29, 1.82) is 5.26 Å². The first-order chi connectivity index (χ1) is 13.7. The molecule has 3 aromatic rings. The van der Waals surface area contributed by atoms with Crippen molar-refractivity contribution < 1.29 is 17.9 Å². The van der Waals surface area contributed by atoms with Crippen molar-refractivity contribution in [1.82, 2.24) is 4.72 Å².